The number of hydrogen-bond donors (Lipinski definition) is 4. The number of urea groups is 1. The molecule has 0 aromatic rings. The first-order valence-corrected chi connectivity index (χ1v) is 6.78. The van der Waals surface area contributed by atoms with Gasteiger partial charge in [-0.1, -0.05) is 0 Å². The van der Waals surface area contributed by atoms with Crippen LogP contribution in [-0.4, -0.2) is 78.0 Å². The lowest BCUT2D eigenvalue weighted by Crippen LogP contribution is -2.58. The lowest BCUT2D eigenvalue weighted by Gasteiger charge is -2.34. The molecule has 1 fully saturated rings. The highest BCUT2D eigenvalue weighted by Crippen LogP contribution is 2.07. The van der Waals surface area contributed by atoms with E-state index >= 15 is 0 Å². The predicted octanol–water partition coefficient (Wildman–Crippen LogP) is -1.63. The Morgan fingerprint density at radius 1 is 1.38 bits per heavy atom. The molecule has 1 rings (SSSR count). The van der Waals surface area contributed by atoms with Crippen molar-refractivity contribution in [2.24, 2.45) is 0 Å². The monoisotopic (exact) mass is 303 g/mol. The van der Waals surface area contributed by atoms with Crippen LogP contribution >= 0.6 is 0 Å². The quantitative estimate of drug-likeness (QED) is 0.466. The Balaban J connectivity index is 2.49. The normalized spacial score (nSPS) is 19.7. The molecule has 0 bridgehead atoms. The number of rotatable bonds is 6. The van der Waals surface area contributed by atoms with Gasteiger partial charge in [0.1, 0.15) is 6.04 Å². The summed E-state index contributed by atoms with van der Waals surface area (Å²) in [7, 11) is 0. The van der Waals surface area contributed by atoms with Crippen LogP contribution in [0.1, 0.15) is 13.3 Å². The molecule has 9 heteroatoms. The standard InChI is InChI=1S/C12H21N3O6/c1-2-13-10(17)8-7-21-6-5-15(8)12(20)14-4-3-9(16)11(18)19/h8-9,16H,2-7H2,1H3,(H,13,17)(H,14,20)(H,18,19)/t8?,9-/m0/s1. The summed E-state index contributed by atoms with van der Waals surface area (Å²) in [6, 6.07) is -1.18. The Kier molecular flexibility index (Phi) is 6.89. The zero-order chi connectivity index (χ0) is 15.8. The summed E-state index contributed by atoms with van der Waals surface area (Å²) in [4.78, 5) is 35.7. The van der Waals surface area contributed by atoms with E-state index in [-0.39, 0.29) is 32.0 Å². The molecule has 9 nitrogen and oxygen atoms in total. The second-order valence-electron chi connectivity index (χ2n) is 4.55. The van der Waals surface area contributed by atoms with Gasteiger partial charge in [0.25, 0.3) is 0 Å². The summed E-state index contributed by atoms with van der Waals surface area (Å²) < 4.78 is 5.20. The Morgan fingerprint density at radius 2 is 2.10 bits per heavy atom. The molecule has 21 heavy (non-hydrogen) atoms. The third-order valence-corrected chi connectivity index (χ3v) is 3.02. The SMILES string of the molecule is CCNC(=O)C1COCCN1C(=O)NCC[C@H](O)C(=O)O. The van der Waals surface area contributed by atoms with Crippen LogP contribution in [0.2, 0.25) is 0 Å². The number of likely N-dealkylation sites (N-methyl/N-ethyl adjacent to an activating group) is 1. The van der Waals surface area contributed by atoms with E-state index < -0.39 is 24.1 Å². The zero-order valence-corrected chi connectivity index (χ0v) is 11.9. The minimum absolute atomic E-state index is 0.00573. The first-order chi connectivity index (χ1) is 9.97. The molecule has 4 N–H and O–H groups in total. The van der Waals surface area contributed by atoms with Crippen molar-refractivity contribution in [2.45, 2.75) is 25.5 Å². The zero-order valence-electron chi connectivity index (χ0n) is 11.9. The number of hydrogen-bond acceptors (Lipinski definition) is 5. The number of aliphatic hydroxyl groups is 1. The second kappa shape index (κ2) is 8.42. The van der Waals surface area contributed by atoms with Crippen molar-refractivity contribution in [1.29, 1.82) is 0 Å². The van der Waals surface area contributed by atoms with E-state index in [2.05, 4.69) is 10.6 Å². The van der Waals surface area contributed by atoms with Crippen LogP contribution in [0.25, 0.3) is 0 Å². The molecule has 1 aliphatic rings. The number of nitrogens with one attached hydrogen (secondary N) is 2. The van der Waals surface area contributed by atoms with Crippen molar-refractivity contribution >= 4 is 17.9 Å². The third-order valence-electron chi connectivity index (χ3n) is 3.02. The highest BCUT2D eigenvalue weighted by molar-refractivity contribution is 5.87. The van der Waals surface area contributed by atoms with E-state index in [0.717, 1.165) is 0 Å². The molecule has 2 atom stereocenters. The number of ether oxygens (including phenoxy) is 1. The van der Waals surface area contributed by atoms with Crippen LogP contribution < -0.4 is 10.6 Å². The van der Waals surface area contributed by atoms with Gasteiger partial charge in [-0.2, -0.15) is 0 Å². The van der Waals surface area contributed by atoms with Crippen LogP contribution in [-0.2, 0) is 14.3 Å². The fourth-order valence-corrected chi connectivity index (χ4v) is 1.90. The first-order valence-electron chi connectivity index (χ1n) is 6.78. The van der Waals surface area contributed by atoms with Gasteiger partial charge in [0.15, 0.2) is 6.10 Å². The minimum atomic E-state index is -1.52. The number of carbonyl (C=O) groups excluding carboxylic acids is 2. The molecule has 1 saturated heterocycles. The van der Waals surface area contributed by atoms with Crippen molar-refractivity contribution in [1.82, 2.24) is 15.5 Å². The molecule has 0 aliphatic carbocycles. The van der Waals surface area contributed by atoms with Gasteiger partial charge in [0, 0.05) is 26.1 Å². The number of carboxylic acid groups (broad SMARTS) is 1. The molecule has 3 amide bonds. The number of carboxylic acids is 1. The number of amides is 3. The summed E-state index contributed by atoms with van der Waals surface area (Å²) in [5, 5.41) is 22.8. The van der Waals surface area contributed by atoms with Crippen molar-refractivity contribution < 1.29 is 29.3 Å². The van der Waals surface area contributed by atoms with Gasteiger partial charge < -0.3 is 30.5 Å². The van der Waals surface area contributed by atoms with E-state index in [0.29, 0.717) is 13.2 Å². The summed E-state index contributed by atoms with van der Waals surface area (Å²) in [5.74, 6) is -1.63. The largest absolute Gasteiger partial charge is 0.479 e. The summed E-state index contributed by atoms with van der Waals surface area (Å²) in [6.45, 7) is 2.97. The molecule has 1 unspecified atom stereocenters. The Bertz CT molecular complexity index is 389. The van der Waals surface area contributed by atoms with Gasteiger partial charge in [-0.25, -0.2) is 9.59 Å². The van der Waals surface area contributed by atoms with Gasteiger partial charge in [-0.3, -0.25) is 4.79 Å². The van der Waals surface area contributed by atoms with Crippen molar-refractivity contribution in [3.63, 3.8) is 0 Å². The maximum Gasteiger partial charge on any atom is 0.332 e. The number of carbonyl (C=O) groups is 3. The predicted molar refractivity (Wildman–Crippen MR) is 71.7 cm³/mol. The van der Waals surface area contributed by atoms with E-state index in [1.807, 2.05) is 0 Å². The van der Waals surface area contributed by atoms with E-state index in [4.69, 9.17) is 14.9 Å². The van der Waals surface area contributed by atoms with Crippen LogP contribution in [0.5, 0.6) is 0 Å². The lowest BCUT2D eigenvalue weighted by molar-refractivity contribution is -0.146. The van der Waals surface area contributed by atoms with Gasteiger partial charge in [-0.05, 0) is 6.92 Å². The molecule has 120 valence electrons. The van der Waals surface area contributed by atoms with Gasteiger partial charge in [0.05, 0.1) is 13.2 Å². The maximum atomic E-state index is 12.0. The Hall–Kier alpha value is -1.87. The molecule has 0 radical (unpaired) electrons. The molecular formula is C12H21N3O6. The lowest BCUT2D eigenvalue weighted by atomic mass is 10.2. The Morgan fingerprint density at radius 3 is 2.71 bits per heavy atom. The third kappa shape index (κ3) is 5.20. The van der Waals surface area contributed by atoms with Gasteiger partial charge in [0.2, 0.25) is 5.91 Å². The molecule has 0 saturated carbocycles. The van der Waals surface area contributed by atoms with Crippen LogP contribution in [0.3, 0.4) is 0 Å². The van der Waals surface area contributed by atoms with Crippen molar-refractivity contribution in [3.8, 4) is 0 Å². The van der Waals surface area contributed by atoms with Gasteiger partial charge >= 0.3 is 12.0 Å². The van der Waals surface area contributed by atoms with Crippen LogP contribution in [0.4, 0.5) is 4.79 Å². The smallest absolute Gasteiger partial charge is 0.332 e. The summed E-state index contributed by atoms with van der Waals surface area (Å²) in [5.41, 5.74) is 0. The number of nitrogens with zero attached hydrogens (tertiary/aromatic N) is 1. The maximum absolute atomic E-state index is 12.0. The van der Waals surface area contributed by atoms with E-state index in [1.165, 1.54) is 4.90 Å². The fraction of sp³-hybridized carbons (Fsp3) is 0.750. The van der Waals surface area contributed by atoms with Crippen molar-refractivity contribution in [3.05, 3.63) is 0 Å². The average Bonchev–Trinajstić information content (AvgIpc) is 2.47. The van der Waals surface area contributed by atoms with E-state index in [1.54, 1.807) is 6.92 Å². The van der Waals surface area contributed by atoms with Crippen LogP contribution in [0.15, 0.2) is 0 Å². The molecule has 0 aromatic carbocycles. The molecule has 1 aliphatic heterocycles. The van der Waals surface area contributed by atoms with E-state index in [9.17, 15) is 14.4 Å². The molecule has 0 spiro atoms. The molecule has 1 heterocycles. The summed E-state index contributed by atoms with van der Waals surface area (Å²) >= 11 is 0. The summed E-state index contributed by atoms with van der Waals surface area (Å²) in [6.07, 6.45) is -1.62. The average molecular weight is 303 g/mol. The van der Waals surface area contributed by atoms with Gasteiger partial charge in [-0.15, -0.1) is 0 Å². The number of aliphatic carboxylic acids is 1. The van der Waals surface area contributed by atoms with Crippen molar-refractivity contribution in [2.75, 3.05) is 32.8 Å². The Labute approximate surface area is 122 Å². The highest BCUT2D eigenvalue weighted by Gasteiger charge is 2.32. The van der Waals surface area contributed by atoms with Crippen LogP contribution in [0, 0.1) is 0 Å². The highest BCUT2D eigenvalue weighted by atomic mass is 16.5. The molecular weight excluding hydrogens is 282 g/mol. The minimum Gasteiger partial charge on any atom is -0.479 e. The first kappa shape index (κ1) is 17.2. The second-order valence-corrected chi connectivity index (χ2v) is 4.55. The number of morpholine rings is 1. The molecule has 0 aromatic heterocycles. The fourth-order valence-electron chi connectivity index (χ4n) is 1.90. The topological polar surface area (TPSA) is 128 Å². The number of aliphatic hydroxyl groups excluding tert-OH is 1.